The van der Waals surface area contributed by atoms with Crippen molar-refractivity contribution in [3.63, 3.8) is 0 Å². The smallest absolute Gasteiger partial charge is 0.131 e. The van der Waals surface area contributed by atoms with Gasteiger partial charge in [-0.05, 0) is 82.3 Å². The van der Waals surface area contributed by atoms with Gasteiger partial charge in [-0.1, -0.05) is 68.9 Å². The molecule has 0 radical (unpaired) electrons. The van der Waals surface area contributed by atoms with Crippen molar-refractivity contribution in [2.45, 2.75) is 115 Å². The maximum absolute atomic E-state index is 9.74. The van der Waals surface area contributed by atoms with Crippen LogP contribution in [0, 0.1) is 0 Å². The van der Waals surface area contributed by atoms with Crippen LogP contribution in [0.2, 0.25) is 0 Å². The molecule has 4 rings (SSSR count). The van der Waals surface area contributed by atoms with Crippen molar-refractivity contribution >= 4 is 8.53 Å². The molecule has 2 nitrogen and oxygen atoms in total. The summed E-state index contributed by atoms with van der Waals surface area (Å²) in [5, 5.41) is -0.0355. The van der Waals surface area contributed by atoms with Gasteiger partial charge in [-0.15, -0.1) is 8.53 Å². The second-order valence-electron chi connectivity index (χ2n) is 10.5. The molecule has 2 aliphatic rings. The van der Waals surface area contributed by atoms with Gasteiger partial charge in [0.2, 0.25) is 0 Å². The molecule has 2 fully saturated rings. The number of hydrogen-bond donors (Lipinski definition) is 0. The summed E-state index contributed by atoms with van der Waals surface area (Å²) < 4.78 is 22.4. The number of hydrogen-bond acceptors (Lipinski definition) is 2. The summed E-state index contributed by atoms with van der Waals surface area (Å²) in [6.45, 7) is 8.34. The fourth-order valence-corrected chi connectivity index (χ4v) is 7.98. The lowest BCUT2D eigenvalue weighted by Gasteiger charge is -2.43. The monoisotopic (exact) mass is 467 g/mol. The Morgan fingerprint density at radius 1 is 0.788 bits per heavy atom. The first-order valence-electron chi connectivity index (χ1n) is 13.7. The minimum absolute atomic E-state index is 0.0355. The molecule has 0 aliphatic heterocycles. The summed E-state index contributed by atoms with van der Waals surface area (Å²) >= 11 is 0. The molecule has 0 spiro atoms. The average Bonchev–Trinajstić information content (AvgIpc) is 2.84. The van der Waals surface area contributed by atoms with Crippen LogP contribution >= 0.6 is 8.53 Å². The molecule has 2 saturated carbocycles. The maximum Gasteiger partial charge on any atom is 0.131 e. The minimum Gasteiger partial charge on any atom is -0.490 e. The summed E-state index contributed by atoms with van der Waals surface area (Å²) in [5.41, 5.74) is 4.22. The Bertz CT molecular complexity index is 901. The van der Waals surface area contributed by atoms with Crippen LogP contribution in [0.15, 0.2) is 42.5 Å². The van der Waals surface area contributed by atoms with Crippen LogP contribution in [-0.2, 0) is 5.16 Å². The van der Waals surface area contributed by atoms with E-state index in [1.165, 1.54) is 62.5 Å². The van der Waals surface area contributed by atoms with Crippen molar-refractivity contribution in [1.29, 1.82) is 1.28 Å². The Labute approximate surface area is 204 Å². The predicted molar refractivity (Wildman–Crippen MR) is 143 cm³/mol. The largest absolute Gasteiger partial charge is 0.490 e. The minimum atomic E-state index is -0.868. The van der Waals surface area contributed by atoms with Gasteiger partial charge in [0.05, 0.1) is 19.0 Å². The standard InChI is InChI=1S/C30H43O2P/c1-22(2)31-27-18-13-19-28(32-23(3)4)29(27)25-16-9-10-17-26(25)30(20-11-6-12-21-30)33-24-14-7-5-8-15-24/h9-10,13,16-19,22-24,33H,5-8,11-12,14-15,20-21H2,1-4H3/i33D. The highest BCUT2D eigenvalue weighted by atomic mass is 31.1. The van der Waals surface area contributed by atoms with Crippen molar-refractivity contribution in [1.82, 2.24) is 0 Å². The summed E-state index contributed by atoms with van der Waals surface area (Å²) in [6.07, 6.45) is 12.7. The fourth-order valence-electron chi connectivity index (χ4n) is 5.75. The molecule has 1 unspecified atom stereocenters. The van der Waals surface area contributed by atoms with Crippen LogP contribution in [0.5, 0.6) is 11.5 Å². The maximum atomic E-state index is 9.74. The second kappa shape index (κ2) is 11.3. The van der Waals surface area contributed by atoms with Crippen LogP contribution in [0.3, 0.4) is 0 Å². The Balaban J connectivity index is 1.88. The SMILES string of the molecule is [2H]P(C1CCCCC1)C1(c2ccccc2-c2c(OC(C)C)cccc2OC(C)C)CCCCC1. The molecule has 33 heavy (non-hydrogen) atoms. The van der Waals surface area contributed by atoms with E-state index < -0.39 is 8.53 Å². The molecule has 2 aliphatic carbocycles. The first-order chi connectivity index (χ1) is 16.4. The van der Waals surface area contributed by atoms with E-state index in [4.69, 9.17) is 9.47 Å². The van der Waals surface area contributed by atoms with Gasteiger partial charge in [0.25, 0.3) is 0 Å². The fraction of sp³-hybridized carbons (Fsp3) is 0.600. The zero-order chi connectivity index (χ0) is 24.1. The predicted octanol–water partition coefficient (Wildman–Crippen LogP) is 9.10. The van der Waals surface area contributed by atoms with Gasteiger partial charge >= 0.3 is 0 Å². The van der Waals surface area contributed by atoms with Gasteiger partial charge in [-0.3, -0.25) is 0 Å². The van der Waals surface area contributed by atoms with Gasteiger partial charge in [0, 0.05) is 5.16 Å². The van der Waals surface area contributed by atoms with Gasteiger partial charge in [-0.2, -0.15) is 0 Å². The van der Waals surface area contributed by atoms with Crippen LogP contribution in [0.4, 0.5) is 0 Å². The van der Waals surface area contributed by atoms with E-state index >= 15 is 0 Å². The summed E-state index contributed by atoms with van der Waals surface area (Å²) in [7, 11) is -0.868. The molecule has 1 atom stereocenters. The van der Waals surface area contributed by atoms with E-state index in [2.05, 4.69) is 64.1 Å². The quantitative estimate of drug-likeness (QED) is 0.360. The topological polar surface area (TPSA) is 18.5 Å². The lowest BCUT2D eigenvalue weighted by atomic mass is 9.79. The Morgan fingerprint density at radius 3 is 1.97 bits per heavy atom. The highest BCUT2D eigenvalue weighted by Gasteiger charge is 2.38. The molecule has 0 heterocycles. The normalized spacial score (nSPS) is 20.5. The molecule has 0 saturated heterocycles. The van der Waals surface area contributed by atoms with E-state index in [1.54, 1.807) is 0 Å². The lowest BCUT2D eigenvalue weighted by Crippen LogP contribution is -2.28. The first-order valence-corrected chi connectivity index (χ1v) is 14.2. The van der Waals surface area contributed by atoms with E-state index in [0.717, 1.165) is 29.9 Å². The molecule has 3 heteroatoms. The molecule has 0 aromatic heterocycles. The summed E-state index contributed by atoms with van der Waals surface area (Å²) in [6, 6.07) is 15.1. The third-order valence-corrected chi connectivity index (χ3v) is 9.16. The molecule has 180 valence electrons. The average molecular weight is 468 g/mol. The van der Waals surface area contributed by atoms with Gasteiger partial charge in [0.15, 0.2) is 0 Å². The molecular weight excluding hydrogens is 423 g/mol. The zero-order valence-corrected chi connectivity index (χ0v) is 22.0. The molecule has 0 N–H and O–H groups in total. The van der Waals surface area contributed by atoms with Crippen molar-refractivity contribution < 1.29 is 9.47 Å². The van der Waals surface area contributed by atoms with E-state index in [-0.39, 0.29) is 17.4 Å². The third kappa shape index (κ3) is 5.94. The van der Waals surface area contributed by atoms with Crippen LogP contribution in [-0.4, -0.2) is 19.1 Å². The van der Waals surface area contributed by atoms with Crippen molar-refractivity contribution in [2.24, 2.45) is 0 Å². The van der Waals surface area contributed by atoms with Crippen LogP contribution in [0.25, 0.3) is 11.1 Å². The van der Waals surface area contributed by atoms with Gasteiger partial charge < -0.3 is 9.47 Å². The molecule has 0 bridgehead atoms. The highest BCUT2D eigenvalue weighted by Crippen LogP contribution is 2.59. The highest BCUT2D eigenvalue weighted by molar-refractivity contribution is 7.40. The van der Waals surface area contributed by atoms with Crippen LogP contribution in [0.1, 0.15) is 97.5 Å². The second-order valence-corrected chi connectivity index (χ2v) is 12.4. The number of ether oxygens (including phenoxy) is 2. The number of rotatable bonds is 8. The van der Waals surface area contributed by atoms with Crippen LogP contribution < -0.4 is 9.47 Å². The Kier molecular flexibility index (Phi) is 7.93. The summed E-state index contributed by atoms with van der Waals surface area (Å²) in [5.74, 6) is 1.78. The molecule has 2 aromatic carbocycles. The van der Waals surface area contributed by atoms with E-state index in [0.29, 0.717) is 5.66 Å². The van der Waals surface area contributed by atoms with Crippen molar-refractivity contribution in [3.8, 4) is 22.6 Å². The Morgan fingerprint density at radius 2 is 1.36 bits per heavy atom. The van der Waals surface area contributed by atoms with E-state index in [1.807, 2.05) is 6.07 Å². The van der Waals surface area contributed by atoms with Gasteiger partial charge in [-0.25, -0.2) is 0 Å². The molecular formula is C30H43O2P. The van der Waals surface area contributed by atoms with Crippen molar-refractivity contribution in [3.05, 3.63) is 48.0 Å². The Hall–Kier alpha value is -1.53. The first kappa shape index (κ1) is 23.2. The molecule has 2 aromatic rings. The summed E-state index contributed by atoms with van der Waals surface area (Å²) in [4.78, 5) is 0. The lowest BCUT2D eigenvalue weighted by molar-refractivity contribution is 0.231. The zero-order valence-electron chi connectivity index (χ0n) is 22.1. The molecule has 0 amide bonds. The van der Waals surface area contributed by atoms with E-state index in [9.17, 15) is 1.28 Å². The van der Waals surface area contributed by atoms with Crippen molar-refractivity contribution in [2.75, 3.05) is 0 Å². The van der Waals surface area contributed by atoms with Gasteiger partial charge in [0.1, 0.15) is 11.5 Å². The third-order valence-electron chi connectivity index (χ3n) is 7.10. The number of benzene rings is 2.